The number of rotatable bonds is 5. The molecule has 0 spiro atoms. The number of likely N-dealkylation sites (tertiary alicyclic amines) is 1. The summed E-state index contributed by atoms with van der Waals surface area (Å²) in [4.78, 5) is 13.5. The molecule has 0 aromatic heterocycles. The number of ether oxygens (including phenoxy) is 1. The van der Waals surface area contributed by atoms with Gasteiger partial charge in [0.2, 0.25) is 5.91 Å². The highest BCUT2D eigenvalue weighted by atomic mass is 16.5. The van der Waals surface area contributed by atoms with E-state index in [0.717, 1.165) is 6.54 Å². The molecule has 4 heteroatoms. The Morgan fingerprint density at radius 3 is 2.67 bits per heavy atom. The first-order valence-corrected chi connectivity index (χ1v) is 5.59. The predicted molar refractivity (Wildman–Crippen MR) is 59.7 cm³/mol. The second kappa shape index (κ2) is 5.47. The van der Waals surface area contributed by atoms with Crippen LogP contribution < -0.4 is 5.32 Å². The van der Waals surface area contributed by atoms with Crippen LogP contribution in [0.4, 0.5) is 0 Å². The lowest BCUT2D eigenvalue weighted by Crippen LogP contribution is -2.41. The van der Waals surface area contributed by atoms with Crippen molar-refractivity contribution in [2.45, 2.75) is 45.3 Å². The monoisotopic (exact) mass is 214 g/mol. The molecule has 0 aromatic carbocycles. The van der Waals surface area contributed by atoms with Crippen molar-refractivity contribution >= 4 is 5.91 Å². The predicted octanol–water partition coefficient (Wildman–Crippen LogP) is 0.620. The fourth-order valence-corrected chi connectivity index (χ4v) is 2.04. The van der Waals surface area contributed by atoms with Crippen molar-refractivity contribution in [3.63, 3.8) is 0 Å². The molecule has 88 valence electrons. The van der Waals surface area contributed by atoms with Crippen LogP contribution >= 0.6 is 0 Å². The summed E-state index contributed by atoms with van der Waals surface area (Å²) in [6.45, 7) is 7.70. The minimum atomic E-state index is 0.257. The van der Waals surface area contributed by atoms with Crippen LogP contribution in [-0.4, -0.2) is 49.2 Å². The maximum Gasteiger partial charge on any atom is 0.224 e. The zero-order valence-electron chi connectivity index (χ0n) is 10.1. The first-order valence-electron chi connectivity index (χ1n) is 5.59. The number of nitrogens with zero attached hydrogens (tertiary/aromatic N) is 1. The lowest BCUT2D eigenvalue weighted by molar-refractivity contribution is -0.129. The van der Waals surface area contributed by atoms with Gasteiger partial charge in [-0.15, -0.1) is 0 Å². The van der Waals surface area contributed by atoms with Crippen LogP contribution in [-0.2, 0) is 9.53 Å². The molecule has 0 aromatic rings. The van der Waals surface area contributed by atoms with Gasteiger partial charge in [-0.2, -0.15) is 0 Å². The molecule has 1 saturated heterocycles. The number of amides is 1. The van der Waals surface area contributed by atoms with Crippen LogP contribution in [0.3, 0.4) is 0 Å². The fourth-order valence-electron chi connectivity index (χ4n) is 2.04. The molecule has 1 heterocycles. The van der Waals surface area contributed by atoms with E-state index >= 15 is 0 Å². The van der Waals surface area contributed by atoms with Crippen LogP contribution in [0.2, 0.25) is 0 Å². The number of carbonyl (C=O) groups is 1. The highest BCUT2D eigenvalue weighted by Gasteiger charge is 2.31. The Kier molecular flexibility index (Phi) is 4.54. The van der Waals surface area contributed by atoms with Gasteiger partial charge in [0.25, 0.3) is 0 Å². The van der Waals surface area contributed by atoms with Crippen molar-refractivity contribution in [1.82, 2.24) is 10.2 Å². The third-order valence-electron chi connectivity index (χ3n) is 2.72. The molecule has 1 N–H and O–H groups in total. The van der Waals surface area contributed by atoms with Crippen molar-refractivity contribution in [2.24, 2.45) is 0 Å². The van der Waals surface area contributed by atoms with E-state index in [2.05, 4.69) is 26.1 Å². The third-order valence-corrected chi connectivity index (χ3v) is 2.72. The van der Waals surface area contributed by atoms with Gasteiger partial charge in [-0.25, -0.2) is 0 Å². The summed E-state index contributed by atoms with van der Waals surface area (Å²) >= 11 is 0. The Hall–Kier alpha value is -0.610. The lowest BCUT2D eigenvalue weighted by Gasteiger charge is -2.22. The number of nitrogens with one attached hydrogen (secondary N) is 1. The van der Waals surface area contributed by atoms with Gasteiger partial charge >= 0.3 is 0 Å². The zero-order chi connectivity index (χ0) is 11.4. The number of methoxy groups -OCH3 is 1. The summed E-state index contributed by atoms with van der Waals surface area (Å²) in [5.74, 6) is 0.257. The molecule has 2 unspecified atom stereocenters. The van der Waals surface area contributed by atoms with E-state index in [1.54, 1.807) is 7.11 Å². The highest BCUT2D eigenvalue weighted by molar-refractivity contribution is 5.79. The molecule has 0 radical (unpaired) electrons. The van der Waals surface area contributed by atoms with Gasteiger partial charge in [0, 0.05) is 38.2 Å². The van der Waals surface area contributed by atoms with Crippen LogP contribution in [0.5, 0.6) is 0 Å². The fraction of sp³-hybridized carbons (Fsp3) is 0.909. The molecule has 1 amide bonds. The van der Waals surface area contributed by atoms with Crippen LogP contribution in [0.1, 0.15) is 27.2 Å². The third kappa shape index (κ3) is 3.47. The minimum Gasteiger partial charge on any atom is -0.383 e. The number of carbonyl (C=O) groups excluding carboxylic acids is 1. The van der Waals surface area contributed by atoms with E-state index in [-0.39, 0.29) is 11.9 Å². The lowest BCUT2D eigenvalue weighted by atomic mass is 10.2. The molecule has 0 bridgehead atoms. The second-order valence-corrected chi connectivity index (χ2v) is 4.56. The number of hydrogen-bond acceptors (Lipinski definition) is 3. The van der Waals surface area contributed by atoms with Crippen molar-refractivity contribution in [2.75, 3.05) is 20.3 Å². The highest BCUT2D eigenvalue weighted by Crippen LogP contribution is 2.14. The Morgan fingerprint density at radius 1 is 1.53 bits per heavy atom. The molecule has 0 saturated carbocycles. The maximum absolute atomic E-state index is 11.6. The quantitative estimate of drug-likeness (QED) is 0.729. The van der Waals surface area contributed by atoms with Gasteiger partial charge < -0.3 is 15.0 Å². The summed E-state index contributed by atoms with van der Waals surface area (Å²) < 4.78 is 5.05. The second-order valence-electron chi connectivity index (χ2n) is 4.56. The van der Waals surface area contributed by atoms with Crippen LogP contribution in [0.15, 0.2) is 0 Å². The molecular weight excluding hydrogens is 192 g/mol. The van der Waals surface area contributed by atoms with Crippen molar-refractivity contribution < 1.29 is 9.53 Å². The average Bonchev–Trinajstić information content (AvgIpc) is 2.47. The van der Waals surface area contributed by atoms with E-state index in [9.17, 15) is 4.79 Å². The van der Waals surface area contributed by atoms with Gasteiger partial charge in [-0.3, -0.25) is 4.79 Å². The van der Waals surface area contributed by atoms with Gasteiger partial charge in [0.05, 0.1) is 6.61 Å². The SMILES string of the molecule is COCC(C)NC1CC(=O)N(C(C)C)C1. The summed E-state index contributed by atoms with van der Waals surface area (Å²) in [6, 6.07) is 0.895. The van der Waals surface area contributed by atoms with Crippen molar-refractivity contribution in [3.05, 3.63) is 0 Å². The zero-order valence-corrected chi connectivity index (χ0v) is 10.1. The summed E-state index contributed by atoms with van der Waals surface area (Å²) in [5, 5.41) is 3.41. The molecule has 15 heavy (non-hydrogen) atoms. The first-order chi connectivity index (χ1) is 7.04. The summed E-state index contributed by atoms with van der Waals surface area (Å²) in [7, 11) is 1.69. The molecular formula is C11H22N2O2. The van der Waals surface area contributed by atoms with Gasteiger partial charge in [0.1, 0.15) is 0 Å². The topological polar surface area (TPSA) is 41.6 Å². The largest absolute Gasteiger partial charge is 0.383 e. The normalized spacial score (nSPS) is 23.9. The molecule has 1 aliphatic rings. The molecule has 4 nitrogen and oxygen atoms in total. The summed E-state index contributed by atoms with van der Waals surface area (Å²) in [5.41, 5.74) is 0. The van der Waals surface area contributed by atoms with E-state index in [1.165, 1.54) is 0 Å². The Labute approximate surface area is 92.0 Å². The van der Waals surface area contributed by atoms with Crippen molar-refractivity contribution in [3.8, 4) is 0 Å². The Balaban J connectivity index is 2.38. The van der Waals surface area contributed by atoms with Gasteiger partial charge in [-0.1, -0.05) is 0 Å². The first kappa shape index (κ1) is 12.5. The smallest absolute Gasteiger partial charge is 0.224 e. The van der Waals surface area contributed by atoms with Crippen molar-refractivity contribution in [1.29, 1.82) is 0 Å². The molecule has 0 aliphatic carbocycles. The van der Waals surface area contributed by atoms with Crippen LogP contribution in [0.25, 0.3) is 0 Å². The van der Waals surface area contributed by atoms with E-state index < -0.39 is 0 Å². The number of hydrogen-bond donors (Lipinski definition) is 1. The molecule has 1 aliphatic heterocycles. The Morgan fingerprint density at radius 2 is 2.20 bits per heavy atom. The standard InChI is InChI=1S/C11H22N2O2/c1-8(2)13-6-10(5-11(13)14)12-9(3)7-15-4/h8-10,12H,5-7H2,1-4H3. The van der Waals surface area contributed by atoms with Gasteiger partial charge in [0.15, 0.2) is 0 Å². The summed E-state index contributed by atoms with van der Waals surface area (Å²) in [6.07, 6.45) is 0.617. The van der Waals surface area contributed by atoms with Gasteiger partial charge in [-0.05, 0) is 20.8 Å². The average molecular weight is 214 g/mol. The molecule has 1 rings (SSSR count). The Bertz CT molecular complexity index is 219. The van der Waals surface area contributed by atoms with Crippen LogP contribution in [0, 0.1) is 0 Å². The van der Waals surface area contributed by atoms with E-state index in [4.69, 9.17) is 4.74 Å². The minimum absolute atomic E-state index is 0.257. The maximum atomic E-state index is 11.6. The molecule has 1 fully saturated rings. The van der Waals surface area contributed by atoms with E-state index in [0.29, 0.717) is 25.1 Å². The molecule has 2 atom stereocenters. The van der Waals surface area contributed by atoms with E-state index in [1.807, 2.05) is 4.90 Å².